The molecule has 1 atom stereocenters. The Morgan fingerprint density at radius 1 is 1.28 bits per heavy atom. The number of aromatic carboxylic acids is 1. The van der Waals surface area contributed by atoms with E-state index in [4.69, 9.17) is 14.3 Å². The first-order valence-electron chi connectivity index (χ1n) is 7.66. The first-order chi connectivity index (χ1) is 11.8. The summed E-state index contributed by atoms with van der Waals surface area (Å²) in [7, 11) is 0. The molecule has 1 aromatic carbocycles. The zero-order chi connectivity index (χ0) is 18.6. The van der Waals surface area contributed by atoms with Crippen LogP contribution in [-0.4, -0.2) is 28.9 Å². The second-order valence-corrected chi connectivity index (χ2v) is 5.55. The minimum atomic E-state index is -1.08. The summed E-state index contributed by atoms with van der Waals surface area (Å²) in [4.78, 5) is 34.4. The number of ketones is 1. The van der Waals surface area contributed by atoms with Crippen molar-refractivity contribution >= 4 is 17.7 Å². The topological polar surface area (TPSA) is 106 Å². The molecule has 0 aliphatic rings. The fourth-order valence-electron chi connectivity index (χ4n) is 2.21. The summed E-state index contributed by atoms with van der Waals surface area (Å²) >= 11 is 0. The van der Waals surface area contributed by atoms with E-state index in [0.717, 1.165) is 0 Å². The Morgan fingerprint density at radius 3 is 2.60 bits per heavy atom. The standard InChI is InChI=1S/C18H19NO6/c1-10(20)13-5-4-6-14(7-13)25-12(3)17(21)19-9-15-8-16(18(22)23)11(2)24-15/h4-8,12H,9H2,1-3H3,(H,19,21)(H,22,23). The number of aryl methyl sites for hydroxylation is 1. The van der Waals surface area contributed by atoms with E-state index in [1.54, 1.807) is 38.1 Å². The van der Waals surface area contributed by atoms with Crippen molar-refractivity contribution in [2.75, 3.05) is 0 Å². The van der Waals surface area contributed by atoms with Gasteiger partial charge in [-0.1, -0.05) is 12.1 Å². The lowest BCUT2D eigenvalue weighted by molar-refractivity contribution is -0.127. The first kappa shape index (κ1) is 18.3. The maximum Gasteiger partial charge on any atom is 0.339 e. The highest BCUT2D eigenvalue weighted by atomic mass is 16.5. The van der Waals surface area contributed by atoms with Crippen LogP contribution in [-0.2, 0) is 11.3 Å². The average molecular weight is 345 g/mol. The number of nitrogens with one attached hydrogen (secondary N) is 1. The third-order valence-electron chi connectivity index (χ3n) is 3.56. The Labute approximate surface area is 144 Å². The number of benzene rings is 1. The Balaban J connectivity index is 1.94. The van der Waals surface area contributed by atoms with E-state index >= 15 is 0 Å². The zero-order valence-electron chi connectivity index (χ0n) is 14.2. The number of carbonyl (C=O) groups excluding carboxylic acids is 2. The molecule has 0 radical (unpaired) electrons. The number of Topliss-reactive ketones (excluding diaryl/α,β-unsaturated/α-hetero) is 1. The van der Waals surface area contributed by atoms with E-state index in [9.17, 15) is 14.4 Å². The normalized spacial score (nSPS) is 11.6. The van der Waals surface area contributed by atoms with E-state index in [2.05, 4.69) is 5.32 Å². The molecule has 2 aromatic rings. The predicted molar refractivity (Wildman–Crippen MR) is 88.8 cm³/mol. The van der Waals surface area contributed by atoms with Gasteiger partial charge < -0.3 is 19.6 Å². The highest BCUT2D eigenvalue weighted by molar-refractivity contribution is 5.94. The van der Waals surface area contributed by atoms with Gasteiger partial charge in [0, 0.05) is 5.56 Å². The van der Waals surface area contributed by atoms with Crippen LogP contribution in [0, 0.1) is 6.92 Å². The molecule has 1 aromatic heterocycles. The van der Waals surface area contributed by atoms with E-state index < -0.39 is 12.1 Å². The number of carboxylic acid groups (broad SMARTS) is 1. The van der Waals surface area contributed by atoms with Crippen molar-refractivity contribution in [1.82, 2.24) is 5.32 Å². The van der Waals surface area contributed by atoms with Crippen molar-refractivity contribution < 1.29 is 28.6 Å². The fraction of sp³-hybridized carbons (Fsp3) is 0.278. The zero-order valence-corrected chi connectivity index (χ0v) is 14.2. The third-order valence-corrected chi connectivity index (χ3v) is 3.56. The van der Waals surface area contributed by atoms with Gasteiger partial charge in [0.2, 0.25) is 0 Å². The number of furan rings is 1. The first-order valence-corrected chi connectivity index (χ1v) is 7.66. The second-order valence-electron chi connectivity index (χ2n) is 5.55. The maximum atomic E-state index is 12.1. The fourth-order valence-corrected chi connectivity index (χ4v) is 2.21. The number of hydrogen-bond acceptors (Lipinski definition) is 5. The van der Waals surface area contributed by atoms with Crippen LogP contribution in [0.5, 0.6) is 5.75 Å². The van der Waals surface area contributed by atoms with E-state index in [1.165, 1.54) is 13.0 Å². The van der Waals surface area contributed by atoms with Gasteiger partial charge in [-0.25, -0.2) is 4.79 Å². The summed E-state index contributed by atoms with van der Waals surface area (Å²) in [5, 5.41) is 11.6. The molecule has 0 aliphatic carbocycles. The van der Waals surface area contributed by atoms with Crippen molar-refractivity contribution in [3.63, 3.8) is 0 Å². The second kappa shape index (κ2) is 7.65. The molecule has 0 fully saturated rings. The highest BCUT2D eigenvalue weighted by Crippen LogP contribution is 2.16. The van der Waals surface area contributed by atoms with Gasteiger partial charge in [0.1, 0.15) is 22.8 Å². The molecular formula is C18H19NO6. The smallest absolute Gasteiger partial charge is 0.339 e. The lowest BCUT2D eigenvalue weighted by Crippen LogP contribution is -2.35. The molecule has 25 heavy (non-hydrogen) atoms. The lowest BCUT2D eigenvalue weighted by Gasteiger charge is -2.14. The van der Waals surface area contributed by atoms with Gasteiger partial charge >= 0.3 is 5.97 Å². The minimum absolute atomic E-state index is 0.0497. The van der Waals surface area contributed by atoms with E-state index in [1.807, 2.05) is 0 Å². The van der Waals surface area contributed by atoms with Gasteiger partial charge in [0.15, 0.2) is 11.9 Å². The van der Waals surface area contributed by atoms with Gasteiger partial charge in [-0.05, 0) is 39.0 Å². The van der Waals surface area contributed by atoms with Crippen LogP contribution in [0.1, 0.15) is 46.1 Å². The maximum absolute atomic E-state index is 12.1. The molecule has 132 valence electrons. The van der Waals surface area contributed by atoms with Crippen molar-refractivity contribution in [2.45, 2.75) is 33.4 Å². The largest absolute Gasteiger partial charge is 0.481 e. The van der Waals surface area contributed by atoms with Crippen molar-refractivity contribution in [2.24, 2.45) is 0 Å². The predicted octanol–water partition coefficient (Wildman–Crippen LogP) is 2.57. The minimum Gasteiger partial charge on any atom is -0.481 e. The Bertz CT molecular complexity index is 808. The molecule has 7 heteroatoms. The number of rotatable bonds is 7. The Kier molecular flexibility index (Phi) is 5.59. The number of carbonyl (C=O) groups is 3. The molecule has 1 amide bonds. The van der Waals surface area contributed by atoms with Crippen LogP contribution in [0.4, 0.5) is 0 Å². The van der Waals surface area contributed by atoms with Gasteiger partial charge in [0.25, 0.3) is 5.91 Å². The third kappa shape index (κ3) is 4.69. The Morgan fingerprint density at radius 2 is 2.00 bits per heavy atom. The molecule has 1 heterocycles. The molecule has 0 spiro atoms. The van der Waals surface area contributed by atoms with Crippen LogP contribution in [0.3, 0.4) is 0 Å². The van der Waals surface area contributed by atoms with Crippen LogP contribution in [0.25, 0.3) is 0 Å². The van der Waals surface area contributed by atoms with Gasteiger partial charge in [-0.3, -0.25) is 9.59 Å². The van der Waals surface area contributed by atoms with Crippen molar-refractivity contribution in [1.29, 1.82) is 0 Å². The molecule has 0 bridgehead atoms. The Hall–Kier alpha value is -3.09. The number of ether oxygens (including phenoxy) is 1. The number of hydrogen-bond donors (Lipinski definition) is 2. The molecule has 0 saturated heterocycles. The molecule has 7 nitrogen and oxygen atoms in total. The van der Waals surface area contributed by atoms with Gasteiger partial charge in [-0.15, -0.1) is 0 Å². The quantitative estimate of drug-likeness (QED) is 0.747. The van der Waals surface area contributed by atoms with Crippen molar-refractivity contribution in [3.05, 3.63) is 53.0 Å². The number of carboxylic acids is 1. The summed E-state index contributed by atoms with van der Waals surface area (Å²) in [6.07, 6.45) is -0.794. The van der Waals surface area contributed by atoms with E-state index in [-0.39, 0.29) is 29.6 Å². The summed E-state index contributed by atoms with van der Waals surface area (Å²) in [5.41, 5.74) is 0.562. The summed E-state index contributed by atoms with van der Waals surface area (Å²) in [5.74, 6) is -0.529. The van der Waals surface area contributed by atoms with Crippen LogP contribution < -0.4 is 10.1 Å². The molecule has 0 saturated carbocycles. The molecule has 2 rings (SSSR count). The monoisotopic (exact) mass is 345 g/mol. The molecular weight excluding hydrogens is 326 g/mol. The summed E-state index contributed by atoms with van der Waals surface area (Å²) < 4.78 is 10.8. The highest BCUT2D eigenvalue weighted by Gasteiger charge is 2.17. The summed E-state index contributed by atoms with van der Waals surface area (Å²) in [6, 6.07) is 7.95. The van der Waals surface area contributed by atoms with Crippen LogP contribution in [0.15, 0.2) is 34.7 Å². The number of amides is 1. The van der Waals surface area contributed by atoms with Gasteiger partial charge in [0.05, 0.1) is 6.54 Å². The molecule has 1 unspecified atom stereocenters. The molecule has 2 N–H and O–H groups in total. The molecule has 0 aliphatic heterocycles. The van der Waals surface area contributed by atoms with Crippen LogP contribution in [0.2, 0.25) is 0 Å². The van der Waals surface area contributed by atoms with Gasteiger partial charge in [-0.2, -0.15) is 0 Å². The lowest BCUT2D eigenvalue weighted by atomic mass is 10.1. The summed E-state index contributed by atoms with van der Waals surface area (Å²) in [6.45, 7) is 4.62. The van der Waals surface area contributed by atoms with Crippen LogP contribution >= 0.6 is 0 Å². The van der Waals surface area contributed by atoms with Crippen molar-refractivity contribution in [3.8, 4) is 5.75 Å². The van der Waals surface area contributed by atoms with E-state index in [0.29, 0.717) is 17.1 Å². The average Bonchev–Trinajstić information content (AvgIpc) is 2.94. The SMILES string of the molecule is CC(=O)c1cccc(OC(C)C(=O)NCc2cc(C(=O)O)c(C)o2)c1.